The minimum absolute atomic E-state index is 0.263. The number of hydrogen-bond donors (Lipinski definition) is 0. The van der Waals surface area contributed by atoms with Crippen molar-refractivity contribution < 1.29 is 4.74 Å². The van der Waals surface area contributed by atoms with Crippen molar-refractivity contribution in [3.05, 3.63) is 11.2 Å². The molecule has 1 nitrogen and oxygen atoms in total. The fourth-order valence-corrected chi connectivity index (χ4v) is 2.09. The minimum atomic E-state index is 0.263. The number of thioether (sulfide) groups is 1. The van der Waals surface area contributed by atoms with Crippen LogP contribution in [-0.2, 0) is 4.74 Å². The van der Waals surface area contributed by atoms with Crippen LogP contribution in [0.4, 0.5) is 0 Å². The lowest BCUT2D eigenvalue weighted by Gasteiger charge is -2.19. The molecule has 0 unspecified atom stereocenters. The summed E-state index contributed by atoms with van der Waals surface area (Å²) in [6.45, 7) is 4.39. The van der Waals surface area contributed by atoms with Gasteiger partial charge in [0.1, 0.15) is 5.76 Å². The van der Waals surface area contributed by atoms with Crippen molar-refractivity contribution >= 4 is 11.8 Å². The van der Waals surface area contributed by atoms with Crippen molar-refractivity contribution in [3.8, 4) is 0 Å². The first-order valence-corrected chi connectivity index (χ1v) is 4.08. The maximum atomic E-state index is 5.17. The summed E-state index contributed by atoms with van der Waals surface area (Å²) in [5.74, 6) is 2.27. The molecule has 1 aliphatic heterocycles. The first-order chi connectivity index (χ1) is 4.17. The van der Waals surface area contributed by atoms with Gasteiger partial charge in [-0.05, 0) is 0 Å². The van der Waals surface area contributed by atoms with Gasteiger partial charge in [0.15, 0.2) is 0 Å². The highest BCUT2D eigenvalue weighted by Crippen LogP contribution is 2.38. The van der Waals surface area contributed by atoms with Crippen LogP contribution in [0.5, 0.6) is 0 Å². The first kappa shape index (κ1) is 7.00. The van der Waals surface area contributed by atoms with Crippen molar-refractivity contribution in [1.29, 1.82) is 0 Å². The van der Waals surface area contributed by atoms with Gasteiger partial charge in [-0.15, -0.1) is 11.8 Å². The zero-order valence-electron chi connectivity index (χ0n) is 6.10. The zero-order valence-corrected chi connectivity index (χ0v) is 6.92. The van der Waals surface area contributed by atoms with Crippen LogP contribution in [-0.4, -0.2) is 12.9 Å². The lowest BCUT2D eigenvalue weighted by atomic mass is 9.95. The molecule has 2 heteroatoms. The van der Waals surface area contributed by atoms with Crippen LogP contribution in [0.2, 0.25) is 0 Å². The third kappa shape index (κ3) is 1.23. The van der Waals surface area contributed by atoms with Crippen LogP contribution >= 0.6 is 11.8 Å². The topological polar surface area (TPSA) is 9.23 Å². The van der Waals surface area contributed by atoms with E-state index >= 15 is 0 Å². The second kappa shape index (κ2) is 2.25. The molecule has 0 aromatic carbocycles. The molecule has 0 aromatic heterocycles. The van der Waals surface area contributed by atoms with Gasteiger partial charge in [-0.25, -0.2) is 0 Å². The lowest BCUT2D eigenvalue weighted by molar-refractivity contribution is 0.214. The van der Waals surface area contributed by atoms with Crippen LogP contribution in [0.25, 0.3) is 0 Å². The van der Waals surface area contributed by atoms with Crippen LogP contribution in [0.3, 0.4) is 0 Å². The molecular weight excluding hydrogens is 132 g/mol. The molecule has 1 heterocycles. The van der Waals surface area contributed by atoms with Crippen LogP contribution in [0.1, 0.15) is 13.8 Å². The van der Waals surface area contributed by atoms with Gasteiger partial charge in [-0.3, -0.25) is 0 Å². The molecule has 9 heavy (non-hydrogen) atoms. The summed E-state index contributed by atoms with van der Waals surface area (Å²) in [7, 11) is 1.74. The number of rotatable bonds is 1. The molecule has 0 saturated carbocycles. The third-order valence-corrected chi connectivity index (χ3v) is 2.79. The SMILES string of the molecule is COC1=CSCC1(C)C. The Morgan fingerprint density at radius 3 is 2.56 bits per heavy atom. The Labute approximate surface area is 60.5 Å². The van der Waals surface area contributed by atoms with E-state index in [9.17, 15) is 0 Å². The molecule has 0 atom stereocenters. The van der Waals surface area contributed by atoms with E-state index in [1.165, 1.54) is 0 Å². The average Bonchev–Trinajstić information content (AvgIpc) is 2.08. The maximum absolute atomic E-state index is 5.17. The Bertz CT molecular complexity index is 138. The first-order valence-electron chi connectivity index (χ1n) is 3.03. The highest BCUT2D eigenvalue weighted by molar-refractivity contribution is 8.02. The summed E-state index contributed by atoms with van der Waals surface area (Å²) >= 11 is 1.83. The normalized spacial score (nSPS) is 23.7. The number of ether oxygens (including phenoxy) is 1. The monoisotopic (exact) mass is 144 g/mol. The molecule has 0 radical (unpaired) electrons. The molecule has 0 saturated heterocycles. The summed E-state index contributed by atoms with van der Waals surface area (Å²) in [5.41, 5.74) is 0.263. The van der Waals surface area contributed by atoms with Gasteiger partial charge in [0.25, 0.3) is 0 Å². The Morgan fingerprint density at radius 2 is 2.33 bits per heavy atom. The Hall–Kier alpha value is -0.110. The predicted octanol–water partition coefficient (Wildman–Crippen LogP) is 2.25. The smallest absolute Gasteiger partial charge is 0.108 e. The summed E-state index contributed by atoms with van der Waals surface area (Å²) in [6, 6.07) is 0. The molecule has 0 amide bonds. The standard InChI is InChI=1S/C7H12OS/c1-7(2)5-9-4-6(7)8-3/h4H,5H2,1-3H3. The van der Waals surface area contributed by atoms with Crippen LogP contribution < -0.4 is 0 Å². The van der Waals surface area contributed by atoms with E-state index in [0.29, 0.717) is 0 Å². The van der Waals surface area contributed by atoms with Gasteiger partial charge in [-0.2, -0.15) is 0 Å². The molecule has 0 fully saturated rings. The Morgan fingerprint density at radius 1 is 1.67 bits per heavy atom. The summed E-state index contributed by atoms with van der Waals surface area (Å²) in [4.78, 5) is 0. The van der Waals surface area contributed by atoms with E-state index in [4.69, 9.17) is 4.74 Å². The maximum Gasteiger partial charge on any atom is 0.108 e. The molecule has 0 bridgehead atoms. The van der Waals surface area contributed by atoms with Gasteiger partial charge in [-0.1, -0.05) is 13.8 Å². The molecule has 0 aliphatic carbocycles. The number of allylic oxidation sites excluding steroid dienone is 1. The van der Waals surface area contributed by atoms with Crippen LogP contribution in [0.15, 0.2) is 11.2 Å². The van der Waals surface area contributed by atoms with Crippen molar-refractivity contribution in [2.75, 3.05) is 12.9 Å². The second-order valence-electron chi connectivity index (χ2n) is 2.88. The van der Waals surface area contributed by atoms with Crippen molar-refractivity contribution in [2.45, 2.75) is 13.8 Å². The lowest BCUT2D eigenvalue weighted by Crippen LogP contribution is -2.14. The summed E-state index contributed by atoms with van der Waals surface area (Å²) in [5, 5.41) is 2.10. The van der Waals surface area contributed by atoms with E-state index < -0.39 is 0 Å². The van der Waals surface area contributed by atoms with E-state index in [1.54, 1.807) is 7.11 Å². The van der Waals surface area contributed by atoms with Gasteiger partial charge in [0, 0.05) is 16.6 Å². The Kier molecular flexibility index (Phi) is 1.75. The van der Waals surface area contributed by atoms with Gasteiger partial charge in [0.2, 0.25) is 0 Å². The largest absolute Gasteiger partial charge is 0.500 e. The van der Waals surface area contributed by atoms with Gasteiger partial charge >= 0.3 is 0 Å². The molecule has 0 N–H and O–H groups in total. The molecule has 1 rings (SSSR count). The molecule has 0 aromatic rings. The Balaban J connectivity index is 2.69. The molecule has 1 aliphatic rings. The fourth-order valence-electron chi connectivity index (χ4n) is 0.881. The van der Waals surface area contributed by atoms with Crippen molar-refractivity contribution in [3.63, 3.8) is 0 Å². The van der Waals surface area contributed by atoms with Gasteiger partial charge < -0.3 is 4.74 Å². The van der Waals surface area contributed by atoms with E-state index in [0.717, 1.165) is 11.5 Å². The molecule has 0 spiro atoms. The summed E-state index contributed by atoms with van der Waals surface area (Å²) < 4.78 is 5.17. The van der Waals surface area contributed by atoms with E-state index in [-0.39, 0.29) is 5.41 Å². The van der Waals surface area contributed by atoms with Crippen LogP contribution in [0, 0.1) is 5.41 Å². The molecule has 52 valence electrons. The van der Waals surface area contributed by atoms with E-state index in [2.05, 4.69) is 19.3 Å². The van der Waals surface area contributed by atoms with Crippen molar-refractivity contribution in [2.24, 2.45) is 5.41 Å². The highest BCUT2D eigenvalue weighted by Gasteiger charge is 2.28. The van der Waals surface area contributed by atoms with Crippen molar-refractivity contribution in [1.82, 2.24) is 0 Å². The second-order valence-corrected chi connectivity index (χ2v) is 3.74. The number of hydrogen-bond acceptors (Lipinski definition) is 2. The predicted molar refractivity (Wildman–Crippen MR) is 41.3 cm³/mol. The summed E-state index contributed by atoms with van der Waals surface area (Å²) in [6.07, 6.45) is 0. The quantitative estimate of drug-likeness (QED) is 0.558. The third-order valence-electron chi connectivity index (χ3n) is 1.52. The van der Waals surface area contributed by atoms with E-state index in [1.807, 2.05) is 11.8 Å². The average molecular weight is 144 g/mol. The fraction of sp³-hybridized carbons (Fsp3) is 0.714. The zero-order chi connectivity index (χ0) is 6.91. The highest BCUT2D eigenvalue weighted by atomic mass is 32.2. The molecular formula is C7H12OS. The minimum Gasteiger partial charge on any atom is -0.500 e. The number of methoxy groups -OCH3 is 1. The van der Waals surface area contributed by atoms with Gasteiger partial charge in [0.05, 0.1) is 7.11 Å².